The molecule has 1 aromatic carbocycles. The van der Waals surface area contributed by atoms with Crippen molar-refractivity contribution < 1.29 is 19.0 Å². The van der Waals surface area contributed by atoms with E-state index in [2.05, 4.69) is 0 Å². The lowest BCUT2D eigenvalue weighted by atomic mass is 9.62. The molecule has 0 atom stereocenters. The minimum Gasteiger partial charge on any atom is -0.508 e. The van der Waals surface area contributed by atoms with Gasteiger partial charge in [-0.2, -0.15) is 0 Å². The van der Waals surface area contributed by atoms with Crippen molar-refractivity contribution >= 4 is 0 Å². The van der Waals surface area contributed by atoms with Crippen LogP contribution in [0.2, 0.25) is 0 Å². The van der Waals surface area contributed by atoms with Gasteiger partial charge in [-0.15, -0.1) is 0 Å². The van der Waals surface area contributed by atoms with Crippen LogP contribution in [-0.2, 0) is 5.41 Å². The smallest absolute Gasteiger partial charge is 0.250 e. The van der Waals surface area contributed by atoms with Gasteiger partial charge in [0.2, 0.25) is 5.92 Å². The number of alkyl halides is 2. The first-order valence-electron chi connectivity index (χ1n) is 4.76. The highest BCUT2D eigenvalue weighted by Crippen LogP contribution is 2.53. The van der Waals surface area contributed by atoms with Gasteiger partial charge in [-0.05, 0) is 17.7 Å². The van der Waals surface area contributed by atoms with Crippen LogP contribution >= 0.6 is 0 Å². The molecule has 0 radical (unpaired) electrons. The summed E-state index contributed by atoms with van der Waals surface area (Å²) in [5.74, 6) is -2.65. The molecule has 1 aliphatic rings. The third-order valence-electron chi connectivity index (χ3n) is 2.96. The fourth-order valence-electron chi connectivity index (χ4n) is 2.18. The summed E-state index contributed by atoms with van der Waals surface area (Å²) < 4.78 is 25.7. The predicted molar refractivity (Wildman–Crippen MR) is 51.1 cm³/mol. The standard InChI is InChI=1S/C11H12F2O2/c12-11(13)5-10(6-11,7-14)8-2-1-3-9(15)4-8/h1-4,14-15H,5-7H2. The average molecular weight is 214 g/mol. The summed E-state index contributed by atoms with van der Waals surface area (Å²) in [7, 11) is 0. The van der Waals surface area contributed by atoms with Crippen molar-refractivity contribution in [3.05, 3.63) is 29.8 Å². The molecule has 0 spiro atoms. The highest BCUT2D eigenvalue weighted by atomic mass is 19.3. The van der Waals surface area contributed by atoms with E-state index < -0.39 is 11.3 Å². The number of hydrogen-bond donors (Lipinski definition) is 2. The van der Waals surface area contributed by atoms with Crippen LogP contribution in [-0.4, -0.2) is 22.7 Å². The number of aromatic hydroxyl groups is 1. The largest absolute Gasteiger partial charge is 0.508 e. The molecule has 0 aromatic heterocycles. The average Bonchev–Trinajstić information content (AvgIpc) is 2.13. The van der Waals surface area contributed by atoms with E-state index in [9.17, 15) is 19.0 Å². The minimum absolute atomic E-state index is 0.0375. The zero-order valence-corrected chi connectivity index (χ0v) is 8.08. The fourth-order valence-corrected chi connectivity index (χ4v) is 2.18. The summed E-state index contributed by atoms with van der Waals surface area (Å²) in [5, 5.41) is 18.5. The zero-order chi connectivity index (χ0) is 11.1. The van der Waals surface area contributed by atoms with Crippen molar-refractivity contribution in [2.24, 2.45) is 0 Å². The number of phenols is 1. The molecule has 4 heteroatoms. The van der Waals surface area contributed by atoms with E-state index in [0.717, 1.165) is 0 Å². The van der Waals surface area contributed by atoms with Gasteiger partial charge in [-0.1, -0.05) is 12.1 Å². The zero-order valence-electron chi connectivity index (χ0n) is 8.08. The molecule has 2 nitrogen and oxygen atoms in total. The Balaban J connectivity index is 2.29. The second kappa shape index (κ2) is 3.17. The lowest BCUT2D eigenvalue weighted by Crippen LogP contribution is -2.51. The van der Waals surface area contributed by atoms with Crippen LogP contribution in [0.5, 0.6) is 5.75 Å². The van der Waals surface area contributed by atoms with E-state index >= 15 is 0 Å². The Bertz CT molecular complexity index is 369. The van der Waals surface area contributed by atoms with Crippen LogP contribution in [0.15, 0.2) is 24.3 Å². The Morgan fingerprint density at radius 3 is 2.40 bits per heavy atom. The van der Waals surface area contributed by atoms with E-state index in [1.54, 1.807) is 12.1 Å². The van der Waals surface area contributed by atoms with Gasteiger partial charge in [-0.25, -0.2) is 8.78 Å². The molecule has 1 aliphatic carbocycles. The van der Waals surface area contributed by atoms with Crippen LogP contribution in [0.1, 0.15) is 18.4 Å². The quantitative estimate of drug-likeness (QED) is 0.791. The molecule has 0 amide bonds. The molecule has 0 bridgehead atoms. The summed E-state index contributed by atoms with van der Waals surface area (Å²) in [6, 6.07) is 6.17. The molecule has 0 saturated heterocycles. The van der Waals surface area contributed by atoms with Crippen LogP contribution in [0.25, 0.3) is 0 Å². The molecular weight excluding hydrogens is 202 g/mol. The van der Waals surface area contributed by atoms with Crippen molar-refractivity contribution in [3.8, 4) is 5.75 Å². The van der Waals surface area contributed by atoms with Crippen molar-refractivity contribution in [1.29, 1.82) is 0 Å². The maximum atomic E-state index is 12.8. The van der Waals surface area contributed by atoms with Gasteiger partial charge in [0.25, 0.3) is 0 Å². The molecule has 2 N–H and O–H groups in total. The number of aliphatic hydroxyl groups excluding tert-OH is 1. The number of benzene rings is 1. The first kappa shape index (κ1) is 10.4. The third-order valence-corrected chi connectivity index (χ3v) is 2.96. The maximum absolute atomic E-state index is 12.8. The highest BCUT2D eigenvalue weighted by molar-refractivity contribution is 5.36. The summed E-state index contributed by atoms with van der Waals surface area (Å²) in [6.07, 6.45) is -0.695. The summed E-state index contributed by atoms with van der Waals surface area (Å²) in [5.41, 5.74) is -0.293. The molecule has 1 aromatic rings. The topological polar surface area (TPSA) is 40.5 Å². The summed E-state index contributed by atoms with van der Waals surface area (Å²) in [6.45, 7) is -0.313. The Labute approximate surface area is 86.2 Å². The number of hydrogen-bond acceptors (Lipinski definition) is 2. The van der Waals surface area contributed by atoms with Crippen LogP contribution in [0, 0.1) is 0 Å². The van der Waals surface area contributed by atoms with E-state index in [4.69, 9.17) is 0 Å². The monoisotopic (exact) mass is 214 g/mol. The molecule has 0 unspecified atom stereocenters. The lowest BCUT2D eigenvalue weighted by molar-refractivity contribution is -0.139. The minimum atomic E-state index is -2.69. The predicted octanol–water partition coefficient (Wildman–Crippen LogP) is 2.05. The first-order valence-corrected chi connectivity index (χ1v) is 4.76. The normalized spacial score (nSPS) is 22.1. The van der Waals surface area contributed by atoms with Gasteiger partial charge in [-0.3, -0.25) is 0 Å². The van der Waals surface area contributed by atoms with Crippen molar-refractivity contribution in [2.45, 2.75) is 24.2 Å². The van der Waals surface area contributed by atoms with Gasteiger partial charge < -0.3 is 10.2 Å². The Morgan fingerprint density at radius 2 is 1.93 bits per heavy atom. The second-order valence-electron chi connectivity index (χ2n) is 4.20. The molecule has 0 heterocycles. The van der Waals surface area contributed by atoms with Gasteiger partial charge in [0.15, 0.2) is 0 Å². The molecular formula is C11H12F2O2. The fraction of sp³-hybridized carbons (Fsp3) is 0.455. The second-order valence-corrected chi connectivity index (χ2v) is 4.20. The van der Waals surface area contributed by atoms with E-state index in [0.29, 0.717) is 5.56 Å². The molecule has 0 aliphatic heterocycles. The highest BCUT2D eigenvalue weighted by Gasteiger charge is 2.56. The lowest BCUT2D eigenvalue weighted by Gasteiger charge is -2.46. The molecule has 82 valence electrons. The first-order chi connectivity index (χ1) is 6.97. The number of aliphatic hydroxyl groups is 1. The molecule has 1 saturated carbocycles. The summed E-state index contributed by atoms with van der Waals surface area (Å²) >= 11 is 0. The van der Waals surface area contributed by atoms with Gasteiger partial charge in [0, 0.05) is 18.3 Å². The van der Waals surface area contributed by atoms with Crippen LogP contribution in [0.4, 0.5) is 8.78 Å². The van der Waals surface area contributed by atoms with Gasteiger partial charge in [0.05, 0.1) is 6.61 Å². The molecule has 2 rings (SSSR count). The van der Waals surface area contributed by atoms with Crippen molar-refractivity contribution in [2.75, 3.05) is 6.61 Å². The SMILES string of the molecule is OCC1(c2cccc(O)c2)CC(F)(F)C1. The van der Waals surface area contributed by atoms with E-state index in [1.165, 1.54) is 12.1 Å². The number of rotatable bonds is 2. The van der Waals surface area contributed by atoms with E-state index in [-0.39, 0.29) is 25.2 Å². The Kier molecular flexibility index (Phi) is 2.19. The van der Waals surface area contributed by atoms with Gasteiger partial charge >= 0.3 is 0 Å². The van der Waals surface area contributed by atoms with Crippen molar-refractivity contribution in [3.63, 3.8) is 0 Å². The Hall–Kier alpha value is -1.16. The Morgan fingerprint density at radius 1 is 1.27 bits per heavy atom. The summed E-state index contributed by atoms with van der Waals surface area (Å²) in [4.78, 5) is 0. The van der Waals surface area contributed by atoms with E-state index in [1.807, 2.05) is 0 Å². The number of halogens is 2. The number of phenolic OH excluding ortho intramolecular Hbond substituents is 1. The van der Waals surface area contributed by atoms with Crippen LogP contribution < -0.4 is 0 Å². The molecule has 15 heavy (non-hydrogen) atoms. The third kappa shape index (κ3) is 1.69. The van der Waals surface area contributed by atoms with Crippen molar-refractivity contribution in [1.82, 2.24) is 0 Å². The molecule has 1 fully saturated rings. The van der Waals surface area contributed by atoms with Gasteiger partial charge in [0.1, 0.15) is 5.75 Å². The maximum Gasteiger partial charge on any atom is 0.250 e. The van der Waals surface area contributed by atoms with Crippen LogP contribution in [0.3, 0.4) is 0 Å².